The van der Waals surface area contributed by atoms with Crippen LogP contribution in [0.25, 0.3) is 22.4 Å². The number of halogens is 1. The fourth-order valence-electron chi connectivity index (χ4n) is 5.04. The molecule has 2 aromatic heterocycles. The second-order valence-electron chi connectivity index (χ2n) is 9.63. The summed E-state index contributed by atoms with van der Waals surface area (Å²) in [5.41, 5.74) is 12.4. The van der Waals surface area contributed by atoms with Gasteiger partial charge in [0.25, 0.3) is 0 Å². The van der Waals surface area contributed by atoms with Crippen molar-refractivity contribution in [1.82, 2.24) is 15.2 Å². The van der Waals surface area contributed by atoms with Gasteiger partial charge in [0.15, 0.2) is 0 Å². The van der Waals surface area contributed by atoms with E-state index in [1.165, 1.54) is 11.8 Å². The van der Waals surface area contributed by atoms with Gasteiger partial charge in [0, 0.05) is 21.9 Å². The molecule has 6 rings (SSSR count). The monoisotopic (exact) mass is 602 g/mol. The van der Waals surface area contributed by atoms with Crippen LogP contribution in [0.5, 0.6) is 11.6 Å². The van der Waals surface area contributed by atoms with Crippen LogP contribution < -0.4 is 15.2 Å². The maximum Gasteiger partial charge on any atom is 0.244 e. The zero-order valence-electron chi connectivity index (χ0n) is 22.8. The highest BCUT2D eigenvalue weighted by atomic mass is 35.5. The van der Waals surface area contributed by atoms with Crippen LogP contribution in [0.1, 0.15) is 28.3 Å². The minimum absolute atomic E-state index is 0.00813. The molecule has 3 N–H and O–H groups in total. The highest BCUT2D eigenvalue weighted by Gasteiger charge is 2.35. The molecule has 5 aromatic rings. The van der Waals surface area contributed by atoms with Crippen molar-refractivity contribution in [3.8, 4) is 46.2 Å². The average Bonchev–Trinajstić information content (AvgIpc) is 3.45. The number of thioether (sulfide) groups is 1. The number of rotatable bonds is 7. The molecule has 8 nitrogen and oxygen atoms in total. The van der Waals surface area contributed by atoms with E-state index in [1.54, 1.807) is 19.2 Å². The Morgan fingerprint density at radius 3 is 2.42 bits per heavy atom. The summed E-state index contributed by atoms with van der Waals surface area (Å²) in [6.45, 7) is 0. The van der Waals surface area contributed by atoms with Crippen LogP contribution >= 0.6 is 23.4 Å². The number of H-pyrrole nitrogens is 1. The van der Waals surface area contributed by atoms with Crippen molar-refractivity contribution < 1.29 is 9.47 Å². The SMILES string of the molecule is COc1ccc(-c2cc(-c3ccccc3)nc(SCc3[nH]nc4c3C(c3ccc(Cl)cc3)C(C#N)=C(N)O4)c2C#N)cc1. The van der Waals surface area contributed by atoms with Crippen molar-refractivity contribution in [3.05, 3.63) is 124 Å². The maximum atomic E-state index is 10.3. The van der Waals surface area contributed by atoms with Crippen LogP contribution in [0.3, 0.4) is 0 Å². The number of ether oxygens (including phenoxy) is 2. The van der Waals surface area contributed by atoms with E-state index in [0.29, 0.717) is 32.8 Å². The molecule has 43 heavy (non-hydrogen) atoms. The molecule has 0 bridgehead atoms. The molecule has 1 aliphatic rings. The highest BCUT2D eigenvalue weighted by molar-refractivity contribution is 7.98. The molecule has 0 fully saturated rings. The minimum atomic E-state index is -0.505. The van der Waals surface area contributed by atoms with Crippen molar-refractivity contribution in [2.45, 2.75) is 16.7 Å². The van der Waals surface area contributed by atoms with E-state index in [0.717, 1.165) is 39.4 Å². The smallest absolute Gasteiger partial charge is 0.244 e. The second-order valence-corrected chi connectivity index (χ2v) is 11.0. The lowest BCUT2D eigenvalue weighted by Crippen LogP contribution is -2.21. The molecule has 10 heteroatoms. The standard InChI is InChI=1S/C33H23ClN6O2S/c1-41-23-13-9-19(10-14-23)24-15-27(20-5-3-2-4-6-20)38-33(25(24)16-35)43-18-28-30-29(21-7-11-22(34)12-8-21)26(17-36)31(37)42-32(30)40-39-28/h2-15,29H,18,37H2,1H3,(H,39,40). The van der Waals surface area contributed by atoms with Crippen LogP contribution in [0.2, 0.25) is 5.02 Å². The van der Waals surface area contributed by atoms with Gasteiger partial charge >= 0.3 is 0 Å². The molecule has 0 spiro atoms. The second kappa shape index (κ2) is 11.9. The molecule has 1 aliphatic heterocycles. The van der Waals surface area contributed by atoms with E-state index in [4.69, 9.17) is 31.8 Å². The van der Waals surface area contributed by atoms with E-state index in [2.05, 4.69) is 22.3 Å². The number of hydrogen-bond acceptors (Lipinski definition) is 8. The zero-order valence-corrected chi connectivity index (χ0v) is 24.4. The largest absolute Gasteiger partial charge is 0.497 e. The van der Waals surface area contributed by atoms with Crippen molar-refractivity contribution in [1.29, 1.82) is 10.5 Å². The van der Waals surface area contributed by atoms with Crippen LogP contribution in [0.15, 0.2) is 101 Å². The molecule has 0 saturated carbocycles. The van der Waals surface area contributed by atoms with Gasteiger partial charge in [-0.2, -0.15) is 10.5 Å². The van der Waals surface area contributed by atoms with E-state index in [-0.39, 0.29) is 11.5 Å². The molecule has 0 saturated heterocycles. The Kier molecular flexibility index (Phi) is 7.76. The molecule has 0 radical (unpaired) electrons. The third-order valence-electron chi connectivity index (χ3n) is 7.14. The van der Waals surface area contributed by atoms with Gasteiger partial charge in [0.1, 0.15) is 28.5 Å². The van der Waals surface area contributed by atoms with Crippen molar-refractivity contribution in [2.24, 2.45) is 5.73 Å². The molecule has 0 aliphatic carbocycles. The van der Waals surface area contributed by atoms with Gasteiger partial charge in [-0.15, -0.1) is 5.10 Å². The number of methoxy groups -OCH3 is 1. The summed E-state index contributed by atoms with van der Waals surface area (Å²) in [5, 5.41) is 28.9. The first-order valence-corrected chi connectivity index (χ1v) is 14.5. The van der Waals surface area contributed by atoms with Gasteiger partial charge in [0.2, 0.25) is 11.8 Å². The van der Waals surface area contributed by atoms with E-state index >= 15 is 0 Å². The maximum absolute atomic E-state index is 10.3. The Morgan fingerprint density at radius 1 is 1.00 bits per heavy atom. The third-order valence-corrected chi connectivity index (χ3v) is 8.40. The fraction of sp³-hybridized carbons (Fsp3) is 0.0909. The van der Waals surface area contributed by atoms with Crippen LogP contribution in [0.4, 0.5) is 0 Å². The Balaban J connectivity index is 1.42. The number of nitriles is 2. The Bertz CT molecular complexity index is 1920. The zero-order chi connectivity index (χ0) is 29.9. The number of fused-ring (bicyclic) bond motifs is 1. The molecule has 0 amide bonds. The number of hydrogen-bond donors (Lipinski definition) is 2. The van der Waals surface area contributed by atoms with E-state index in [1.807, 2.05) is 72.8 Å². The predicted octanol–water partition coefficient (Wildman–Crippen LogP) is 7.18. The summed E-state index contributed by atoms with van der Waals surface area (Å²) in [5.74, 6) is 0.902. The topological polar surface area (TPSA) is 134 Å². The highest BCUT2D eigenvalue weighted by Crippen LogP contribution is 2.45. The minimum Gasteiger partial charge on any atom is -0.497 e. The van der Waals surface area contributed by atoms with Gasteiger partial charge in [-0.3, -0.25) is 5.10 Å². The molecule has 1 atom stereocenters. The average molecular weight is 603 g/mol. The van der Waals surface area contributed by atoms with Gasteiger partial charge in [-0.1, -0.05) is 78.0 Å². The molecular weight excluding hydrogens is 580 g/mol. The predicted molar refractivity (Wildman–Crippen MR) is 165 cm³/mol. The van der Waals surface area contributed by atoms with E-state index < -0.39 is 5.92 Å². The summed E-state index contributed by atoms with van der Waals surface area (Å²) < 4.78 is 11.1. The summed E-state index contributed by atoms with van der Waals surface area (Å²) in [7, 11) is 1.62. The van der Waals surface area contributed by atoms with Crippen LogP contribution in [-0.2, 0) is 5.75 Å². The molecular formula is C33H23ClN6O2S. The molecule has 3 heterocycles. The summed E-state index contributed by atoms with van der Waals surface area (Å²) in [4.78, 5) is 4.93. The number of allylic oxidation sites excluding steroid dienone is 1. The van der Waals surface area contributed by atoms with Gasteiger partial charge < -0.3 is 15.2 Å². The lowest BCUT2D eigenvalue weighted by Gasteiger charge is -2.24. The molecule has 210 valence electrons. The quantitative estimate of drug-likeness (QED) is 0.187. The number of pyridine rings is 1. The summed E-state index contributed by atoms with van der Waals surface area (Å²) in [6.07, 6.45) is 0. The summed E-state index contributed by atoms with van der Waals surface area (Å²) in [6, 6.07) is 31.2. The number of benzene rings is 3. The summed E-state index contributed by atoms with van der Waals surface area (Å²) >= 11 is 7.55. The number of nitrogens with one attached hydrogen (secondary N) is 1. The number of nitrogens with zero attached hydrogens (tertiary/aromatic N) is 4. The third kappa shape index (κ3) is 5.40. The Hall–Kier alpha value is -5.22. The first-order chi connectivity index (χ1) is 21.0. The van der Waals surface area contributed by atoms with Crippen LogP contribution in [-0.4, -0.2) is 22.3 Å². The van der Waals surface area contributed by atoms with Gasteiger partial charge in [0.05, 0.1) is 35.5 Å². The van der Waals surface area contributed by atoms with Crippen molar-refractivity contribution >= 4 is 23.4 Å². The lowest BCUT2D eigenvalue weighted by atomic mass is 9.84. The normalized spacial score (nSPS) is 13.9. The van der Waals surface area contributed by atoms with Crippen LogP contribution in [0, 0.1) is 22.7 Å². The first-order valence-electron chi connectivity index (χ1n) is 13.2. The molecule has 1 unspecified atom stereocenters. The molecule has 3 aromatic carbocycles. The lowest BCUT2D eigenvalue weighted by molar-refractivity contribution is 0.379. The van der Waals surface area contributed by atoms with E-state index in [9.17, 15) is 10.5 Å². The fourth-order valence-corrected chi connectivity index (χ4v) is 6.13. The van der Waals surface area contributed by atoms with Gasteiger partial charge in [-0.25, -0.2) is 4.98 Å². The Labute approximate surface area is 257 Å². The van der Waals surface area contributed by atoms with Crippen molar-refractivity contribution in [3.63, 3.8) is 0 Å². The number of aromatic nitrogens is 3. The Morgan fingerprint density at radius 2 is 1.74 bits per heavy atom. The van der Waals surface area contributed by atoms with Gasteiger partial charge in [-0.05, 0) is 41.5 Å². The number of aromatic amines is 1. The number of nitrogens with two attached hydrogens (primary N) is 1. The first kappa shape index (κ1) is 27.9. The van der Waals surface area contributed by atoms with Crippen molar-refractivity contribution in [2.75, 3.05) is 7.11 Å².